The topological polar surface area (TPSA) is 64.0 Å². The molecule has 0 spiro atoms. The zero-order valence-electron chi connectivity index (χ0n) is 15.1. The van der Waals surface area contributed by atoms with Gasteiger partial charge in [0.15, 0.2) is 0 Å². The van der Waals surface area contributed by atoms with Gasteiger partial charge in [0.05, 0.1) is 11.7 Å². The Hall–Kier alpha value is -1.69. The highest BCUT2D eigenvalue weighted by molar-refractivity contribution is 7.18. The lowest BCUT2D eigenvalue weighted by atomic mass is 9.89. The van der Waals surface area contributed by atoms with Crippen LogP contribution in [0, 0.1) is 5.92 Å². The minimum atomic E-state index is -0.113. The molecule has 25 heavy (non-hydrogen) atoms. The third kappa shape index (κ3) is 4.11. The highest BCUT2D eigenvalue weighted by atomic mass is 32.1. The summed E-state index contributed by atoms with van der Waals surface area (Å²) in [5.41, 5.74) is 1.10. The summed E-state index contributed by atoms with van der Waals surface area (Å²) < 4.78 is 1.45. The molecule has 136 valence electrons. The molecule has 2 heterocycles. The minimum absolute atomic E-state index is 0.0522. The van der Waals surface area contributed by atoms with Gasteiger partial charge in [0.2, 0.25) is 5.91 Å². The Morgan fingerprint density at radius 1 is 1.40 bits per heavy atom. The van der Waals surface area contributed by atoms with Crippen LogP contribution in [0.5, 0.6) is 0 Å². The van der Waals surface area contributed by atoms with Crippen molar-refractivity contribution >= 4 is 27.5 Å². The van der Waals surface area contributed by atoms with E-state index in [0.717, 1.165) is 42.3 Å². The molecule has 2 aromatic rings. The number of nitrogens with zero attached hydrogens (tertiary/aromatic N) is 2. The predicted molar refractivity (Wildman–Crippen MR) is 102 cm³/mol. The molecule has 0 radical (unpaired) electrons. The van der Waals surface area contributed by atoms with Crippen molar-refractivity contribution in [1.29, 1.82) is 0 Å². The Morgan fingerprint density at radius 3 is 3.04 bits per heavy atom. The fraction of sp³-hybridized carbons (Fsp3) is 0.632. The van der Waals surface area contributed by atoms with Crippen molar-refractivity contribution in [3.05, 3.63) is 27.1 Å². The van der Waals surface area contributed by atoms with Crippen molar-refractivity contribution in [3.63, 3.8) is 0 Å². The summed E-state index contributed by atoms with van der Waals surface area (Å²) in [5, 5.41) is 3.64. The number of carbonyl (C=O) groups is 1. The smallest absolute Gasteiger partial charge is 0.262 e. The number of nitrogens with one attached hydrogen (secondary N) is 1. The van der Waals surface area contributed by atoms with E-state index in [4.69, 9.17) is 0 Å². The molecule has 0 saturated carbocycles. The molecule has 1 aliphatic rings. The standard InChI is InChI=1S/C19H27N3O2S/c1-3-4-5-6-9-20-16(23)11-22-12-21-18-17(19(22)24)14-8-7-13(2)10-15(14)25-18/h12-13H,3-11H2,1-2H3,(H,20,23)/t13-/m0/s1. The average molecular weight is 362 g/mol. The van der Waals surface area contributed by atoms with Crippen LogP contribution in [0.15, 0.2) is 11.1 Å². The van der Waals surface area contributed by atoms with Gasteiger partial charge in [0.25, 0.3) is 5.56 Å². The summed E-state index contributed by atoms with van der Waals surface area (Å²) in [6, 6.07) is 0. The maximum absolute atomic E-state index is 12.8. The molecule has 0 aliphatic heterocycles. The van der Waals surface area contributed by atoms with E-state index in [-0.39, 0.29) is 18.0 Å². The van der Waals surface area contributed by atoms with Crippen LogP contribution in [0.1, 0.15) is 56.4 Å². The van der Waals surface area contributed by atoms with E-state index >= 15 is 0 Å². The summed E-state index contributed by atoms with van der Waals surface area (Å²) in [4.78, 5) is 31.5. The molecule has 0 bridgehead atoms. The zero-order valence-corrected chi connectivity index (χ0v) is 16.0. The normalized spacial score (nSPS) is 16.8. The van der Waals surface area contributed by atoms with Crippen molar-refractivity contribution in [3.8, 4) is 0 Å². The number of thiophene rings is 1. The first kappa shape index (κ1) is 18.1. The lowest BCUT2D eigenvalue weighted by molar-refractivity contribution is -0.121. The van der Waals surface area contributed by atoms with Gasteiger partial charge in [-0.3, -0.25) is 14.2 Å². The fourth-order valence-corrected chi connectivity index (χ4v) is 4.81. The molecular formula is C19H27N3O2S. The molecule has 0 unspecified atom stereocenters. The SMILES string of the molecule is CCCCCCNC(=O)Cn1cnc2sc3c(c2c1=O)CC[C@H](C)C3. The first-order chi connectivity index (χ1) is 12.1. The van der Waals surface area contributed by atoms with Crippen LogP contribution in [0.4, 0.5) is 0 Å². The summed E-state index contributed by atoms with van der Waals surface area (Å²) in [7, 11) is 0. The highest BCUT2D eigenvalue weighted by Gasteiger charge is 2.23. The van der Waals surface area contributed by atoms with Gasteiger partial charge in [0, 0.05) is 11.4 Å². The van der Waals surface area contributed by atoms with Gasteiger partial charge in [-0.25, -0.2) is 4.98 Å². The number of hydrogen-bond donors (Lipinski definition) is 1. The summed E-state index contributed by atoms with van der Waals surface area (Å²) in [5.74, 6) is 0.554. The first-order valence-corrected chi connectivity index (χ1v) is 10.2. The van der Waals surface area contributed by atoms with Gasteiger partial charge in [-0.15, -0.1) is 11.3 Å². The van der Waals surface area contributed by atoms with Crippen LogP contribution in [-0.2, 0) is 24.2 Å². The van der Waals surface area contributed by atoms with Gasteiger partial charge >= 0.3 is 0 Å². The Bertz CT molecular complexity index is 809. The molecule has 3 rings (SSSR count). The number of aromatic nitrogens is 2. The second-order valence-corrected chi connectivity index (χ2v) is 8.20. The Kier molecular flexibility index (Phi) is 5.89. The molecule has 0 aromatic carbocycles. The first-order valence-electron chi connectivity index (χ1n) is 9.36. The third-order valence-corrected chi connectivity index (χ3v) is 6.11. The van der Waals surface area contributed by atoms with E-state index < -0.39 is 0 Å². The Balaban J connectivity index is 1.71. The van der Waals surface area contributed by atoms with E-state index in [1.807, 2.05) is 0 Å². The number of hydrogen-bond acceptors (Lipinski definition) is 4. The molecule has 6 heteroatoms. The highest BCUT2D eigenvalue weighted by Crippen LogP contribution is 2.35. The van der Waals surface area contributed by atoms with E-state index in [1.165, 1.54) is 34.2 Å². The molecule has 0 saturated heterocycles. The van der Waals surface area contributed by atoms with Gasteiger partial charge in [0.1, 0.15) is 11.4 Å². The van der Waals surface area contributed by atoms with Gasteiger partial charge in [-0.05, 0) is 37.2 Å². The van der Waals surface area contributed by atoms with Crippen molar-refractivity contribution in [1.82, 2.24) is 14.9 Å². The van der Waals surface area contributed by atoms with Crippen LogP contribution in [-0.4, -0.2) is 22.0 Å². The van der Waals surface area contributed by atoms with Crippen LogP contribution < -0.4 is 10.9 Å². The summed E-state index contributed by atoms with van der Waals surface area (Å²) in [6.07, 6.45) is 9.11. The van der Waals surface area contributed by atoms with Crippen LogP contribution in [0.2, 0.25) is 0 Å². The molecule has 1 N–H and O–H groups in total. The van der Waals surface area contributed by atoms with E-state index in [2.05, 4.69) is 24.1 Å². The zero-order chi connectivity index (χ0) is 17.8. The van der Waals surface area contributed by atoms with E-state index in [9.17, 15) is 9.59 Å². The Labute approximate surface area is 152 Å². The number of fused-ring (bicyclic) bond motifs is 3. The number of aryl methyl sites for hydroxylation is 1. The largest absolute Gasteiger partial charge is 0.355 e. The van der Waals surface area contributed by atoms with E-state index in [0.29, 0.717) is 12.5 Å². The number of unbranched alkanes of at least 4 members (excludes halogenated alkanes) is 3. The van der Waals surface area contributed by atoms with Crippen molar-refractivity contribution in [2.45, 2.75) is 65.3 Å². The van der Waals surface area contributed by atoms with Crippen molar-refractivity contribution in [2.24, 2.45) is 5.92 Å². The summed E-state index contributed by atoms with van der Waals surface area (Å²) in [6.45, 7) is 5.15. The minimum Gasteiger partial charge on any atom is -0.355 e. The van der Waals surface area contributed by atoms with Gasteiger partial charge < -0.3 is 5.32 Å². The lowest BCUT2D eigenvalue weighted by Gasteiger charge is -2.17. The average Bonchev–Trinajstić information content (AvgIpc) is 2.95. The van der Waals surface area contributed by atoms with Gasteiger partial charge in [-0.1, -0.05) is 33.1 Å². The van der Waals surface area contributed by atoms with E-state index in [1.54, 1.807) is 11.3 Å². The maximum Gasteiger partial charge on any atom is 0.262 e. The third-order valence-electron chi connectivity index (χ3n) is 4.95. The number of carbonyl (C=O) groups excluding carboxylic acids is 1. The Morgan fingerprint density at radius 2 is 2.24 bits per heavy atom. The second-order valence-electron chi connectivity index (χ2n) is 7.12. The maximum atomic E-state index is 12.8. The molecule has 2 aromatic heterocycles. The summed E-state index contributed by atoms with van der Waals surface area (Å²) >= 11 is 1.64. The van der Waals surface area contributed by atoms with Crippen LogP contribution in [0.3, 0.4) is 0 Å². The lowest BCUT2D eigenvalue weighted by Crippen LogP contribution is -2.33. The monoisotopic (exact) mass is 361 g/mol. The van der Waals surface area contributed by atoms with Crippen molar-refractivity contribution in [2.75, 3.05) is 6.54 Å². The quantitative estimate of drug-likeness (QED) is 0.770. The fourth-order valence-electron chi connectivity index (χ4n) is 3.47. The van der Waals surface area contributed by atoms with Crippen LogP contribution in [0.25, 0.3) is 10.2 Å². The van der Waals surface area contributed by atoms with Crippen LogP contribution >= 0.6 is 11.3 Å². The molecule has 5 nitrogen and oxygen atoms in total. The molecule has 1 aliphatic carbocycles. The molecule has 1 amide bonds. The predicted octanol–water partition coefficient (Wildman–Crippen LogP) is 3.28. The van der Waals surface area contributed by atoms with Crippen molar-refractivity contribution < 1.29 is 4.79 Å². The molecule has 0 fully saturated rings. The second kappa shape index (κ2) is 8.13. The number of rotatable bonds is 7. The number of amides is 1. The molecular weight excluding hydrogens is 334 g/mol. The van der Waals surface area contributed by atoms with Gasteiger partial charge in [-0.2, -0.15) is 0 Å². The molecule has 1 atom stereocenters.